The highest BCUT2D eigenvalue weighted by Crippen LogP contribution is 2.15. The topological polar surface area (TPSA) is 73.7 Å². The predicted octanol–water partition coefficient (Wildman–Crippen LogP) is 9.00. The molecule has 7 nitrogen and oxygen atoms in total. The number of unbranched alkanes of at least 4 members (excludes halogenated alkanes) is 8. The highest BCUT2D eigenvalue weighted by molar-refractivity contribution is 5.69. The van der Waals surface area contributed by atoms with Gasteiger partial charge in [0.05, 0.1) is 19.5 Å². The minimum absolute atomic E-state index is 0.0296. The zero-order valence-corrected chi connectivity index (χ0v) is 28.5. The maximum Gasteiger partial charge on any atom is 0.305 e. The average molecular weight is 606 g/mol. The van der Waals surface area contributed by atoms with E-state index < -0.39 is 0 Å². The summed E-state index contributed by atoms with van der Waals surface area (Å²) >= 11 is 0. The normalized spacial score (nSPS) is 12.9. The molecule has 0 saturated heterocycles. The molecule has 1 aromatic heterocycles. The lowest BCUT2D eigenvalue weighted by atomic mass is 9.99. The third-order valence-electron chi connectivity index (χ3n) is 8.50. The second kappa shape index (κ2) is 27.6. The molecule has 1 aromatic rings. The number of aromatic nitrogens is 2. The first-order chi connectivity index (χ1) is 20.9. The van der Waals surface area contributed by atoms with Gasteiger partial charge in [0, 0.05) is 31.8 Å². The van der Waals surface area contributed by atoms with E-state index in [1.165, 1.54) is 64.2 Å². The van der Waals surface area contributed by atoms with Gasteiger partial charge in [-0.2, -0.15) is 0 Å². The first-order valence-corrected chi connectivity index (χ1v) is 17.9. The van der Waals surface area contributed by atoms with Gasteiger partial charge in [-0.15, -0.1) is 0 Å². The fourth-order valence-electron chi connectivity index (χ4n) is 5.45. The van der Waals surface area contributed by atoms with Crippen LogP contribution in [0.2, 0.25) is 0 Å². The first kappa shape index (κ1) is 39.1. The lowest BCUT2D eigenvalue weighted by Gasteiger charge is -2.22. The second-order valence-electron chi connectivity index (χ2n) is 12.8. The molecule has 0 aliphatic rings. The Bertz CT molecular complexity index is 727. The van der Waals surface area contributed by atoms with Gasteiger partial charge in [-0.1, -0.05) is 91.9 Å². The largest absolute Gasteiger partial charge is 0.466 e. The predicted molar refractivity (Wildman–Crippen MR) is 178 cm³/mol. The van der Waals surface area contributed by atoms with E-state index in [1.807, 2.05) is 18.7 Å². The van der Waals surface area contributed by atoms with E-state index in [9.17, 15) is 9.59 Å². The van der Waals surface area contributed by atoms with Crippen LogP contribution in [0.25, 0.3) is 0 Å². The van der Waals surface area contributed by atoms with E-state index in [-0.39, 0.29) is 11.9 Å². The van der Waals surface area contributed by atoms with Crippen LogP contribution in [-0.4, -0.2) is 59.2 Å². The fourth-order valence-corrected chi connectivity index (χ4v) is 5.45. The minimum Gasteiger partial charge on any atom is -0.466 e. The van der Waals surface area contributed by atoms with Gasteiger partial charge >= 0.3 is 11.9 Å². The third-order valence-corrected chi connectivity index (χ3v) is 8.50. The van der Waals surface area contributed by atoms with E-state index >= 15 is 0 Å². The Morgan fingerprint density at radius 3 is 1.63 bits per heavy atom. The Morgan fingerprint density at radius 1 is 0.674 bits per heavy atom. The van der Waals surface area contributed by atoms with Crippen LogP contribution in [0.15, 0.2) is 18.7 Å². The zero-order valence-electron chi connectivity index (χ0n) is 28.5. The summed E-state index contributed by atoms with van der Waals surface area (Å²) in [5.74, 6) is 1.16. The summed E-state index contributed by atoms with van der Waals surface area (Å²) < 4.78 is 13.1. The highest BCUT2D eigenvalue weighted by Gasteiger charge is 2.10. The number of hydrogen-bond acceptors (Lipinski definition) is 6. The van der Waals surface area contributed by atoms with Gasteiger partial charge in [0.25, 0.3) is 0 Å². The van der Waals surface area contributed by atoms with Gasteiger partial charge in [-0.3, -0.25) is 9.59 Å². The molecule has 1 heterocycles. The number of imidazole rings is 1. The van der Waals surface area contributed by atoms with Gasteiger partial charge in [0.1, 0.15) is 0 Å². The summed E-state index contributed by atoms with van der Waals surface area (Å²) in [4.78, 5) is 30.8. The number of hydrogen-bond donors (Lipinski definition) is 0. The van der Waals surface area contributed by atoms with Gasteiger partial charge in [0.15, 0.2) is 0 Å². The van der Waals surface area contributed by atoms with Crippen molar-refractivity contribution < 1.29 is 19.1 Å². The van der Waals surface area contributed by atoms with E-state index in [1.54, 1.807) is 0 Å². The average Bonchev–Trinajstić information content (AvgIpc) is 3.53. The van der Waals surface area contributed by atoms with Crippen molar-refractivity contribution in [1.82, 2.24) is 14.5 Å². The van der Waals surface area contributed by atoms with Crippen molar-refractivity contribution in [1.29, 1.82) is 0 Å². The van der Waals surface area contributed by atoms with Crippen molar-refractivity contribution in [2.75, 3.05) is 32.8 Å². The molecule has 0 radical (unpaired) electrons. The summed E-state index contributed by atoms with van der Waals surface area (Å²) in [7, 11) is 0. The van der Waals surface area contributed by atoms with Crippen molar-refractivity contribution in [3.63, 3.8) is 0 Å². The lowest BCUT2D eigenvalue weighted by Crippen LogP contribution is -2.28. The van der Waals surface area contributed by atoms with Crippen LogP contribution in [0.1, 0.15) is 150 Å². The van der Waals surface area contributed by atoms with E-state index in [0.717, 1.165) is 71.1 Å². The first-order valence-electron chi connectivity index (χ1n) is 17.9. The Balaban J connectivity index is 2.15. The molecule has 1 unspecified atom stereocenters. The molecule has 0 aliphatic carbocycles. The van der Waals surface area contributed by atoms with Crippen LogP contribution >= 0.6 is 0 Å². The molecule has 0 aliphatic heterocycles. The monoisotopic (exact) mass is 606 g/mol. The van der Waals surface area contributed by atoms with Gasteiger partial charge in [-0.25, -0.2) is 4.98 Å². The second-order valence-corrected chi connectivity index (χ2v) is 12.8. The molecule has 0 saturated carbocycles. The highest BCUT2D eigenvalue weighted by atomic mass is 16.5. The molecule has 0 amide bonds. The van der Waals surface area contributed by atoms with E-state index in [4.69, 9.17) is 9.47 Å². The molecule has 0 N–H and O–H groups in total. The van der Waals surface area contributed by atoms with Crippen LogP contribution < -0.4 is 0 Å². The number of carbonyl (C=O) groups excluding carboxylic acids is 2. The molecule has 0 spiro atoms. The Kier molecular flexibility index (Phi) is 25.2. The summed E-state index contributed by atoms with van der Waals surface area (Å²) in [6, 6.07) is 0. The van der Waals surface area contributed by atoms with Crippen LogP contribution in [0.3, 0.4) is 0 Å². The molecule has 7 heteroatoms. The number of esters is 2. The summed E-state index contributed by atoms with van der Waals surface area (Å²) in [6.45, 7) is 14.4. The molecular weight excluding hydrogens is 538 g/mol. The van der Waals surface area contributed by atoms with Crippen molar-refractivity contribution in [2.45, 2.75) is 156 Å². The van der Waals surface area contributed by atoms with Crippen LogP contribution in [-0.2, 0) is 25.6 Å². The Labute approximate surface area is 264 Å². The fraction of sp³-hybridized carbons (Fsp3) is 0.861. The quantitative estimate of drug-likeness (QED) is 0.0644. The van der Waals surface area contributed by atoms with Gasteiger partial charge in [0.2, 0.25) is 0 Å². The molecule has 2 atom stereocenters. The Morgan fingerprint density at radius 2 is 1.16 bits per heavy atom. The molecule has 0 aromatic carbocycles. The standard InChI is InChI=1S/C36H67N3O4/c1-5-7-18-33(3)20-22-35(40)42-30-15-11-9-13-25-38(27-17-28-39-29-24-37-32-39)26-14-10-12-16-31-43-36(41)23-21-34(4)19-8-6-2/h24,29,32-34H,5-23,25-28,30-31H2,1-4H3/t33-,34?/m0/s1. The van der Waals surface area contributed by atoms with Crippen LogP contribution in [0, 0.1) is 11.8 Å². The van der Waals surface area contributed by atoms with E-state index in [0.29, 0.717) is 37.9 Å². The molecular formula is C36H67N3O4. The van der Waals surface area contributed by atoms with Crippen molar-refractivity contribution in [2.24, 2.45) is 11.8 Å². The van der Waals surface area contributed by atoms with Crippen molar-refractivity contribution in [3.8, 4) is 0 Å². The number of ether oxygens (including phenoxy) is 2. The Hall–Kier alpha value is -1.89. The third kappa shape index (κ3) is 24.2. The lowest BCUT2D eigenvalue weighted by molar-refractivity contribution is -0.145. The van der Waals surface area contributed by atoms with Crippen LogP contribution in [0.4, 0.5) is 0 Å². The zero-order chi connectivity index (χ0) is 31.4. The van der Waals surface area contributed by atoms with Gasteiger partial charge in [-0.05, 0) is 76.4 Å². The molecule has 1 rings (SSSR count). The van der Waals surface area contributed by atoms with Gasteiger partial charge < -0.3 is 18.9 Å². The minimum atomic E-state index is -0.0296. The maximum atomic E-state index is 12.0. The van der Waals surface area contributed by atoms with E-state index in [2.05, 4.69) is 42.1 Å². The number of rotatable bonds is 30. The maximum absolute atomic E-state index is 12.0. The van der Waals surface area contributed by atoms with Crippen LogP contribution in [0.5, 0.6) is 0 Å². The summed E-state index contributed by atoms with van der Waals surface area (Å²) in [6.07, 6.45) is 26.1. The molecule has 43 heavy (non-hydrogen) atoms. The number of carbonyl (C=O) groups is 2. The summed E-state index contributed by atoms with van der Waals surface area (Å²) in [5, 5.41) is 0. The van der Waals surface area contributed by atoms with Crippen molar-refractivity contribution in [3.05, 3.63) is 18.7 Å². The number of nitrogens with zero attached hydrogens (tertiary/aromatic N) is 3. The summed E-state index contributed by atoms with van der Waals surface area (Å²) in [5.41, 5.74) is 0. The molecule has 250 valence electrons. The number of aryl methyl sites for hydroxylation is 1. The SMILES string of the molecule is CCCCC(C)CCC(=O)OCCCCCCN(CCCCCCOC(=O)CC[C@@H](C)CCCC)CCCn1ccnc1. The molecule has 0 bridgehead atoms. The molecule has 0 fully saturated rings. The smallest absolute Gasteiger partial charge is 0.305 e. The van der Waals surface area contributed by atoms with Crippen molar-refractivity contribution >= 4 is 11.9 Å².